The zero-order chi connectivity index (χ0) is 21.9. The second kappa shape index (κ2) is 14.4. The summed E-state index contributed by atoms with van der Waals surface area (Å²) in [6, 6.07) is 6.56. The highest BCUT2D eigenvalue weighted by atomic mass is 127. The lowest BCUT2D eigenvalue weighted by atomic mass is 10.1. The third-order valence-corrected chi connectivity index (χ3v) is 3.96. The SMILES string of the molecule is CCNC(=NCC(c1ccc(F)cc1)N(C)C)NCCCNC(=O)OC(C)(C)C.I. The minimum atomic E-state index is -0.499. The highest BCUT2D eigenvalue weighted by Crippen LogP contribution is 2.18. The molecule has 0 aliphatic rings. The molecule has 30 heavy (non-hydrogen) atoms. The highest BCUT2D eigenvalue weighted by molar-refractivity contribution is 14.0. The van der Waals surface area contributed by atoms with Gasteiger partial charge in [0.15, 0.2) is 5.96 Å². The first-order chi connectivity index (χ1) is 13.6. The van der Waals surface area contributed by atoms with Gasteiger partial charge in [-0.3, -0.25) is 4.99 Å². The van der Waals surface area contributed by atoms with Gasteiger partial charge in [-0.15, -0.1) is 24.0 Å². The van der Waals surface area contributed by atoms with Gasteiger partial charge in [0, 0.05) is 19.6 Å². The lowest BCUT2D eigenvalue weighted by Gasteiger charge is -2.23. The molecule has 0 saturated heterocycles. The topological polar surface area (TPSA) is 78.0 Å². The molecular formula is C21H37FIN5O2. The van der Waals surface area contributed by atoms with Gasteiger partial charge in [0.1, 0.15) is 11.4 Å². The number of nitrogens with zero attached hydrogens (tertiary/aromatic N) is 2. The van der Waals surface area contributed by atoms with Crippen LogP contribution in [0.1, 0.15) is 45.7 Å². The lowest BCUT2D eigenvalue weighted by Crippen LogP contribution is -2.40. The standard InChI is InChI=1S/C21H36FN5O2.HI/c1-7-23-19(24-13-8-14-25-20(28)29-21(2,3)4)26-15-18(27(5)6)16-9-11-17(22)12-10-16;/h9-12,18H,7-8,13-15H2,1-6H3,(H,25,28)(H2,23,24,26);1H. The number of alkyl carbamates (subject to hydrolysis) is 1. The van der Waals surface area contributed by atoms with Crippen molar-refractivity contribution in [2.24, 2.45) is 4.99 Å². The van der Waals surface area contributed by atoms with Crippen molar-refractivity contribution in [1.29, 1.82) is 0 Å². The molecule has 3 N–H and O–H groups in total. The molecule has 0 saturated carbocycles. The van der Waals surface area contributed by atoms with Crippen molar-refractivity contribution >= 4 is 36.0 Å². The van der Waals surface area contributed by atoms with Gasteiger partial charge in [-0.25, -0.2) is 9.18 Å². The van der Waals surface area contributed by atoms with E-state index in [9.17, 15) is 9.18 Å². The Hall–Kier alpha value is -1.62. The molecule has 9 heteroatoms. The van der Waals surface area contributed by atoms with E-state index in [-0.39, 0.29) is 35.8 Å². The predicted octanol–water partition coefficient (Wildman–Crippen LogP) is 3.52. The minimum Gasteiger partial charge on any atom is -0.444 e. The smallest absolute Gasteiger partial charge is 0.407 e. The van der Waals surface area contributed by atoms with Crippen molar-refractivity contribution in [2.75, 3.05) is 40.3 Å². The first kappa shape index (κ1) is 28.4. The summed E-state index contributed by atoms with van der Waals surface area (Å²) in [6.45, 7) is 9.95. The fraction of sp³-hybridized carbons (Fsp3) is 0.619. The Morgan fingerprint density at radius 1 is 1.13 bits per heavy atom. The lowest BCUT2D eigenvalue weighted by molar-refractivity contribution is 0.0527. The molecule has 1 aromatic carbocycles. The van der Waals surface area contributed by atoms with Crippen LogP contribution in [0.4, 0.5) is 9.18 Å². The number of carbonyl (C=O) groups is 1. The molecule has 172 valence electrons. The molecule has 0 aliphatic carbocycles. The Labute approximate surface area is 197 Å². The fourth-order valence-corrected chi connectivity index (χ4v) is 2.57. The van der Waals surface area contributed by atoms with Gasteiger partial charge in [-0.2, -0.15) is 0 Å². The van der Waals surface area contributed by atoms with Crippen LogP contribution in [0.15, 0.2) is 29.3 Å². The molecule has 1 rings (SSSR count). The summed E-state index contributed by atoms with van der Waals surface area (Å²) in [4.78, 5) is 18.4. The molecule has 0 aliphatic heterocycles. The maximum Gasteiger partial charge on any atom is 0.407 e. The third-order valence-electron chi connectivity index (χ3n) is 3.96. The molecule has 0 fully saturated rings. The number of hydrogen-bond donors (Lipinski definition) is 3. The summed E-state index contributed by atoms with van der Waals surface area (Å²) in [5.41, 5.74) is 0.512. The van der Waals surface area contributed by atoms with Crippen LogP contribution in [0, 0.1) is 5.82 Å². The average molecular weight is 537 g/mol. The molecule has 1 aromatic rings. The number of hydrogen-bond acceptors (Lipinski definition) is 4. The van der Waals surface area contributed by atoms with Crippen LogP contribution in [-0.2, 0) is 4.74 Å². The summed E-state index contributed by atoms with van der Waals surface area (Å²) in [6.07, 6.45) is 0.324. The molecule has 0 heterocycles. The van der Waals surface area contributed by atoms with Gasteiger partial charge < -0.3 is 25.6 Å². The number of carbonyl (C=O) groups excluding carboxylic acids is 1. The summed E-state index contributed by atoms with van der Waals surface area (Å²) in [5.74, 6) is 0.462. The van der Waals surface area contributed by atoms with E-state index in [4.69, 9.17) is 4.74 Å². The van der Waals surface area contributed by atoms with Crippen molar-refractivity contribution in [3.8, 4) is 0 Å². The van der Waals surface area contributed by atoms with Crippen LogP contribution in [0.25, 0.3) is 0 Å². The number of amides is 1. The summed E-state index contributed by atoms with van der Waals surface area (Å²) in [5, 5.41) is 9.22. The van der Waals surface area contributed by atoms with E-state index in [0.717, 1.165) is 18.5 Å². The second-order valence-corrected chi connectivity index (χ2v) is 7.96. The zero-order valence-corrected chi connectivity index (χ0v) is 21.2. The normalized spacial score (nSPS) is 12.7. The number of likely N-dealkylation sites (N-methyl/N-ethyl adjacent to an activating group) is 1. The quantitative estimate of drug-likeness (QED) is 0.195. The third kappa shape index (κ3) is 12.2. The number of aliphatic imine (C=N–C) groups is 1. The molecular weight excluding hydrogens is 500 g/mol. The molecule has 0 aromatic heterocycles. The first-order valence-corrected chi connectivity index (χ1v) is 10.0. The first-order valence-electron chi connectivity index (χ1n) is 10.0. The Kier molecular flexibility index (Phi) is 13.6. The van der Waals surface area contributed by atoms with Crippen LogP contribution in [0.5, 0.6) is 0 Å². The van der Waals surface area contributed by atoms with E-state index >= 15 is 0 Å². The molecule has 7 nitrogen and oxygen atoms in total. The number of nitrogens with one attached hydrogen (secondary N) is 3. The molecule has 0 bridgehead atoms. The number of halogens is 2. The van der Waals surface area contributed by atoms with Gasteiger partial charge in [0.2, 0.25) is 0 Å². The van der Waals surface area contributed by atoms with Gasteiger partial charge in [-0.05, 0) is 65.9 Å². The van der Waals surface area contributed by atoms with Crippen molar-refractivity contribution in [2.45, 2.75) is 45.8 Å². The molecule has 1 atom stereocenters. The number of benzene rings is 1. The van der Waals surface area contributed by atoms with Crippen LogP contribution < -0.4 is 16.0 Å². The van der Waals surface area contributed by atoms with Gasteiger partial charge in [-0.1, -0.05) is 12.1 Å². The number of guanidine groups is 1. The zero-order valence-electron chi connectivity index (χ0n) is 18.9. The summed E-state index contributed by atoms with van der Waals surface area (Å²) < 4.78 is 18.4. The van der Waals surface area contributed by atoms with E-state index in [0.29, 0.717) is 25.6 Å². The van der Waals surface area contributed by atoms with Crippen LogP contribution in [0.3, 0.4) is 0 Å². The Bertz CT molecular complexity index is 648. The summed E-state index contributed by atoms with van der Waals surface area (Å²) in [7, 11) is 3.96. The van der Waals surface area contributed by atoms with E-state index in [1.165, 1.54) is 12.1 Å². The van der Waals surface area contributed by atoms with Crippen molar-refractivity contribution in [1.82, 2.24) is 20.9 Å². The number of rotatable bonds is 9. The monoisotopic (exact) mass is 537 g/mol. The maximum absolute atomic E-state index is 13.2. The van der Waals surface area contributed by atoms with Crippen molar-refractivity contribution in [3.63, 3.8) is 0 Å². The second-order valence-electron chi connectivity index (χ2n) is 7.96. The van der Waals surface area contributed by atoms with E-state index in [2.05, 4.69) is 25.8 Å². The molecule has 0 radical (unpaired) electrons. The Morgan fingerprint density at radius 2 is 1.73 bits per heavy atom. The van der Waals surface area contributed by atoms with Gasteiger partial charge >= 0.3 is 6.09 Å². The predicted molar refractivity (Wildman–Crippen MR) is 131 cm³/mol. The van der Waals surface area contributed by atoms with Crippen LogP contribution in [-0.4, -0.2) is 62.8 Å². The minimum absolute atomic E-state index is 0. The Morgan fingerprint density at radius 3 is 2.27 bits per heavy atom. The fourth-order valence-electron chi connectivity index (χ4n) is 2.57. The largest absolute Gasteiger partial charge is 0.444 e. The van der Waals surface area contributed by atoms with E-state index in [1.807, 2.05) is 41.8 Å². The molecule has 1 amide bonds. The molecule has 0 spiro atoms. The van der Waals surface area contributed by atoms with E-state index < -0.39 is 11.7 Å². The molecule has 1 unspecified atom stereocenters. The van der Waals surface area contributed by atoms with Crippen molar-refractivity contribution < 1.29 is 13.9 Å². The van der Waals surface area contributed by atoms with Gasteiger partial charge in [0.05, 0.1) is 12.6 Å². The van der Waals surface area contributed by atoms with E-state index in [1.54, 1.807) is 12.1 Å². The van der Waals surface area contributed by atoms with Gasteiger partial charge in [0.25, 0.3) is 0 Å². The highest BCUT2D eigenvalue weighted by Gasteiger charge is 2.16. The van der Waals surface area contributed by atoms with Crippen molar-refractivity contribution in [3.05, 3.63) is 35.6 Å². The average Bonchev–Trinajstić information content (AvgIpc) is 2.61. The Balaban J connectivity index is 0.00000841. The van der Waals surface area contributed by atoms with Crippen LogP contribution >= 0.6 is 24.0 Å². The summed E-state index contributed by atoms with van der Waals surface area (Å²) >= 11 is 0. The maximum atomic E-state index is 13.2. The number of ether oxygens (including phenoxy) is 1. The van der Waals surface area contributed by atoms with Crippen LogP contribution in [0.2, 0.25) is 0 Å².